The van der Waals surface area contributed by atoms with Gasteiger partial charge in [-0.15, -0.1) is 0 Å². The normalized spacial score (nSPS) is 16.8. The van der Waals surface area contributed by atoms with Gasteiger partial charge in [0.1, 0.15) is 17.9 Å². The van der Waals surface area contributed by atoms with Crippen molar-refractivity contribution in [2.24, 2.45) is 0 Å². The lowest BCUT2D eigenvalue weighted by Gasteiger charge is -2.16. The SMILES string of the molecule is CC(C)c1cc(C(=O)N(C)CCNc2cc(C3CCOC3)ncn2)no1. The van der Waals surface area contributed by atoms with Gasteiger partial charge in [0.25, 0.3) is 5.91 Å². The van der Waals surface area contributed by atoms with Gasteiger partial charge >= 0.3 is 0 Å². The number of carbonyl (C=O) groups excluding carboxylic acids is 1. The van der Waals surface area contributed by atoms with Gasteiger partial charge in [-0.1, -0.05) is 19.0 Å². The Morgan fingerprint density at radius 1 is 1.38 bits per heavy atom. The first-order chi connectivity index (χ1) is 12.5. The number of hydrogen-bond acceptors (Lipinski definition) is 7. The second kappa shape index (κ2) is 8.27. The highest BCUT2D eigenvalue weighted by Crippen LogP contribution is 2.24. The van der Waals surface area contributed by atoms with Gasteiger partial charge in [-0.3, -0.25) is 4.79 Å². The smallest absolute Gasteiger partial charge is 0.275 e. The summed E-state index contributed by atoms with van der Waals surface area (Å²) in [4.78, 5) is 22.6. The minimum Gasteiger partial charge on any atom is -0.381 e. The number of aromatic nitrogens is 3. The van der Waals surface area contributed by atoms with Crippen LogP contribution in [0.2, 0.25) is 0 Å². The Kier molecular flexibility index (Phi) is 5.82. The number of hydrogen-bond donors (Lipinski definition) is 1. The fourth-order valence-electron chi connectivity index (χ4n) is 2.77. The van der Waals surface area contributed by atoms with Crippen molar-refractivity contribution in [3.8, 4) is 0 Å². The summed E-state index contributed by atoms with van der Waals surface area (Å²) in [5.41, 5.74) is 1.33. The maximum Gasteiger partial charge on any atom is 0.275 e. The topological polar surface area (TPSA) is 93.4 Å². The van der Waals surface area contributed by atoms with Gasteiger partial charge in [-0.25, -0.2) is 9.97 Å². The molecule has 0 saturated carbocycles. The molecule has 1 N–H and O–H groups in total. The van der Waals surface area contributed by atoms with E-state index in [9.17, 15) is 4.79 Å². The third-order valence-corrected chi connectivity index (χ3v) is 4.45. The van der Waals surface area contributed by atoms with Crippen molar-refractivity contribution in [1.29, 1.82) is 0 Å². The van der Waals surface area contributed by atoms with Gasteiger partial charge in [-0.2, -0.15) is 0 Å². The van der Waals surface area contributed by atoms with Crippen LogP contribution < -0.4 is 5.32 Å². The lowest BCUT2D eigenvalue weighted by atomic mass is 10.1. The predicted molar refractivity (Wildman–Crippen MR) is 96.3 cm³/mol. The van der Waals surface area contributed by atoms with Gasteiger partial charge < -0.3 is 19.5 Å². The summed E-state index contributed by atoms with van der Waals surface area (Å²) < 4.78 is 10.6. The molecule has 1 amide bonds. The first-order valence-electron chi connectivity index (χ1n) is 8.90. The molecule has 0 aromatic carbocycles. The zero-order chi connectivity index (χ0) is 18.5. The number of amides is 1. The van der Waals surface area contributed by atoms with E-state index in [-0.39, 0.29) is 11.8 Å². The Balaban J connectivity index is 1.50. The van der Waals surface area contributed by atoms with Crippen molar-refractivity contribution >= 4 is 11.7 Å². The minimum absolute atomic E-state index is 0.158. The summed E-state index contributed by atoms with van der Waals surface area (Å²) >= 11 is 0. The van der Waals surface area contributed by atoms with Crippen molar-refractivity contribution in [3.63, 3.8) is 0 Å². The molecule has 1 aliphatic rings. The third-order valence-electron chi connectivity index (χ3n) is 4.45. The third kappa shape index (κ3) is 4.37. The standard InChI is InChI=1S/C18H25N5O3/c1-12(2)16-8-15(22-26-16)18(24)23(3)6-5-19-17-9-14(20-11-21-17)13-4-7-25-10-13/h8-9,11-13H,4-7,10H2,1-3H3,(H,19,20,21). The summed E-state index contributed by atoms with van der Waals surface area (Å²) in [5.74, 6) is 1.85. The number of likely N-dealkylation sites (N-methyl/N-ethyl adjacent to an activating group) is 1. The van der Waals surface area contributed by atoms with E-state index in [1.54, 1.807) is 24.3 Å². The van der Waals surface area contributed by atoms with Crippen molar-refractivity contribution < 1.29 is 14.1 Å². The number of nitrogens with zero attached hydrogens (tertiary/aromatic N) is 4. The molecule has 140 valence electrons. The molecule has 1 saturated heterocycles. The number of anilines is 1. The van der Waals surface area contributed by atoms with Gasteiger partial charge in [0.15, 0.2) is 5.69 Å². The van der Waals surface area contributed by atoms with Gasteiger partial charge in [0.05, 0.1) is 12.3 Å². The number of rotatable bonds is 7. The molecule has 3 heterocycles. The molecule has 26 heavy (non-hydrogen) atoms. The van der Waals surface area contributed by atoms with Crippen molar-refractivity contribution in [3.05, 3.63) is 35.6 Å². The number of nitrogens with one attached hydrogen (secondary N) is 1. The molecule has 1 atom stereocenters. The Morgan fingerprint density at radius 3 is 2.92 bits per heavy atom. The van der Waals surface area contributed by atoms with Crippen LogP contribution in [0.1, 0.15) is 54.0 Å². The quantitative estimate of drug-likeness (QED) is 0.810. The maximum atomic E-state index is 12.4. The van der Waals surface area contributed by atoms with E-state index in [2.05, 4.69) is 20.4 Å². The zero-order valence-electron chi connectivity index (χ0n) is 15.4. The summed E-state index contributed by atoms with van der Waals surface area (Å²) in [6.07, 6.45) is 2.55. The lowest BCUT2D eigenvalue weighted by Crippen LogP contribution is -2.31. The fraction of sp³-hybridized carbons (Fsp3) is 0.556. The van der Waals surface area contributed by atoms with Crippen molar-refractivity contribution in [2.45, 2.75) is 32.1 Å². The second-order valence-electron chi connectivity index (χ2n) is 6.81. The molecule has 8 heteroatoms. The minimum atomic E-state index is -0.158. The first-order valence-corrected chi connectivity index (χ1v) is 8.90. The molecule has 1 fully saturated rings. The largest absolute Gasteiger partial charge is 0.381 e. The highest BCUT2D eigenvalue weighted by Gasteiger charge is 2.20. The summed E-state index contributed by atoms with van der Waals surface area (Å²) in [6.45, 7) is 6.59. The average molecular weight is 359 g/mol. The monoisotopic (exact) mass is 359 g/mol. The Labute approximate surface area is 152 Å². The Bertz CT molecular complexity index is 740. The molecular formula is C18H25N5O3. The maximum absolute atomic E-state index is 12.4. The molecule has 0 bridgehead atoms. The van der Waals surface area contributed by atoms with Crippen LogP contribution in [0.5, 0.6) is 0 Å². The van der Waals surface area contributed by atoms with E-state index in [0.29, 0.717) is 37.1 Å². The highest BCUT2D eigenvalue weighted by atomic mass is 16.5. The predicted octanol–water partition coefficient (Wildman–Crippen LogP) is 2.28. The van der Waals surface area contributed by atoms with Crippen LogP contribution in [0.25, 0.3) is 0 Å². The molecule has 1 unspecified atom stereocenters. The average Bonchev–Trinajstić information content (AvgIpc) is 3.33. The van der Waals surface area contributed by atoms with E-state index in [1.807, 2.05) is 19.9 Å². The van der Waals surface area contributed by atoms with Crippen LogP contribution in [0.3, 0.4) is 0 Å². The molecule has 0 radical (unpaired) electrons. The molecule has 8 nitrogen and oxygen atoms in total. The molecule has 1 aliphatic heterocycles. The zero-order valence-corrected chi connectivity index (χ0v) is 15.4. The van der Waals surface area contributed by atoms with Crippen LogP contribution in [0.15, 0.2) is 23.0 Å². The molecular weight excluding hydrogens is 334 g/mol. The van der Waals surface area contributed by atoms with Crippen molar-refractivity contribution in [1.82, 2.24) is 20.0 Å². The van der Waals surface area contributed by atoms with E-state index in [4.69, 9.17) is 9.26 Å². The molecule has 0 aliphatic carbocycles. The summed E-state index contributed by atoms with van der Waals surface area (Å²) in [7, 11) is 1.75. The van der Waals surface area contributed by atoms with E-state index < -0.39 is 0 Å². The van der Waals surface area contributed by atoms with Gasteiger partial charge in [0.2, 0.25) is 0 Å². The molecule has 2 aromatic rings. The second-order valence-corrected chi connectivity index (χ2v) is 6.81. The molecule has 0 spiro atoms. The fourth-order valence-corrected chi connectivity index (χ4v) is 2.77. The van der Waals surface area contributed by atoms with E-state index >= 15 is 0 Å². The first kappa shape index (κ1) is 18.3. The molecule has 2 aromatic heterocycles. The summed E-state index contributed by atoms with van der Waals surface area (Å²) in [5, 5.41) is 7.10. The Morgan fingerprint density at radius 2 is 2.23 bits per heavy atom. The van der Waals surface area contributed by atoms with Crippen LogP contribution in [-0.2, 0) is 4.74 Å². The van der Waals surface area contributed by atoms with Crippen LogP contribution >= 0.6 is 0 Å². The van der Waals surface area contributed by atoms with E-state index in [0.717, 1.165) is 24.5 Å². The molecule has 3 rings (SSSR count). The highest BCUT2D eigenvalue weighted by molar-refractivity contribution is 5.92. The van der Waals surface area contributed by atoms with E-state index in [1.165, 1.54) is 0 Å². The van der Waals surface area contributed by atoms with Gasteiger partial charge in [0, 0.05) is 50.7 Å². The van der Waals surface area contributed by atoms with Crippen LogP contribution in [-0.4, -0.2) is 59.3 Å². The van der Waals surface area contributed by atoms with Gasteiger partial charge in [-0.05, 0) is 6.42 Å². The van der Waals surface area contributed by atoms with Crippen molar-refractivity contribution in [2.75, 3.05) is 38.7 Å². The Hall–Kier alpha value is -2.48. The summed E-state index contributed by atoms with van der Waals surface area (Å²) in [6, 6.07) is 3.66. The number of ether oxygens (including phenoxy) is 1. The number of carbonyl (C=O) groups is 1. The lowest BCUT2D eigenvalue weighted by molar-refractivity contribution is 0.0790. The van der Waals surface area contributed by atoms with Crippen LogP contribution in [0.4, 0.5) is 5.82 Å². The van der Waals surface area contributed by atoms with Crippen LogP contribution in [0, 0.1) is 0 Å².